The smallest absolute Gasteiger partial charge is 0.239 e. The van der Waals surface area contributed by atoms with Gasteiger partial charge in [-0.3, -0.25) is 14.5 Å². The summed E-state index contributed by atoms with van der Waals surface area (Å²) in [6.45, 7) is 8.56. The molecular formula is C20H29N5O2. The number of nitrogens with zero attached hydrogens (tertiary/aromatic N) is 5. The minimum atomic E-state index is -0.0201. The van der Waals surface area contributed by atoms with Gasteiger partial charge in [-0.05, 0) is 39.3 Å². The summed E-state index contributed by atoms with van der Waals surface area (Å²) in [5, 5.41) is 0. The predicted octanol–water partition coefficient (Wildman–Crippen LogP) is 1.18. The van der Waals surface area contributed by atoms with E-state index in [1.165, 1.54) is 12.8 Å². The van der Waals surface area contributed by atoms with Crippen molar-refractivity contribution in [1.29, 1.82) is 0 Å². The molecule has 27 heavy (non-hydrogen) atoms. The van der Waals surface area contributed by atoms with Crippen LogP contribution in [-0.2, 0) is 22.6 Å². The molecule has 0 radical (unpaired) electrons. The number of carbonyl (C=O) groups excluding carboxylic acids is 2. The van der Waals surface area contributed by atoms with Crippen molar-refractivity contribution < 1.29 is 9.59 Å². The average Bonchev–Trinajstić information content (AvgIpc) is 3.38. The van der Waals surface area contributed by atoms with Crippen molar-refractivity contribution in [1.82, 2.24) is 24.7 Å². The first-order chi connectivity index (χ1) is 13.0. The van der Waals surface area contributed by atoms with Gasteiger partial charge in [-0.2, -0.15) is 0 Å². The second-order valence-corrected chi connectivity index (χ2v) is 8.08. The largest absolute Gasteiger partial charge is 0.341 e. The molecule has 7 heteroatoms. The summed E-state index contributed by atoms with van der Waals surface area (Å²) >= 11 is 0. The maximum atomic E-state index is 12.8. The zero-order chi connectivity index (χ0) is 19.0. The monoisotopic (exact) mass is 371 g/mol. The van der Waals surface area contributed by atoms with E-state index in [9.17, 15) is 9.59 Å². The molecule has 3 aliphatic rings. The van der Waals surface area contributed by atoms with Gasteiger partial charge in [0.2, 0.25) is 11.8 Å². The second-order valence-electron chi connectivity index (χ2n) is 8.08. The molecule has 0 spiro atoms. The molecule has 7 nitrogen and oxygen atoms in total. The third-order valence-electron chi connectivity index (χ3n) is 6.31. The van der Waals surface area contributed by atoms with Crippen molar-refractivity contribution in [3.05, 3.63) is 23.3 Å². The van der Waals surface area contributed by atoms with Crippen LogP contribution in [0.4, 0.5) is 0 Å². The van der Waals surface area contributed by atoms with Gasteiger partial charge < -0.3 is 9.80 Å². The van der Waals surface area contributed by atoms with E-state index in [0.717, 1.165) is 62.6 Å². The van der Waals surface area contributed by atoms with Gasteiger partial charge in [-0.15, -0.1) is 0 Å². The highest BCUT2D eigenvalue weighted by Gasteiger charge is 2.34. The second kappa shape index (κ2) is 7.54. The zero-order valence-corrected chi connectivity index (χ0v) is 16.4. The molecule has 1 aromatic rings. The minimum Gasteiger partial charge on any atom is -0.341 e. The first-order valence-corrected chi connectivity index (χ1v) is 10.2. The van der Waals surface area contributed by atoms with Gasteiger partial charge >= 0.3 is 0 Å². The number of carbonyl (C=O) groups is 2. The highest BCUT2D eigenvalue weighted by molar-refractivity contribution is 5.81. The Morgan fingerprint density at radius 3 is 2.67 bits per heavy atom. The predicted molar refractivity (Wildman–Crippen MR) is 101 cm³/mol. The van der Waals surface area contributed by atoms with E-state index in [1.54, 1.807) is 6.92 Å². The molecule has 0 saturated carbocycles. The molecule has 2 atom stereocenters. The van der Waals surface area contributed by atoms with Gasteiger partial charge in [0.1, 0.15) is 5.82 Å². The molecule has 1 aromatic heterocycles. The molecule has 0 aromatic carbocycles. The van der Waals surface area contributed by atoms with Gasteiger partial charge in [0.15, 0.2) is 0 Å². The maximum absolute atomic E-state index is 12.8. The van der Waals surface area contributed by atoms with Gasteiger partial charge in [-0.25, -0.2) is 9.97 Å². The third-order valence-corrected chi connectivity index (χ3v) is 6.31. The highest BCUT2D eigenvalue weighted by Crippen LogP contribution is 2.27. The molecular weight excluding hydrogens is 342 g/mol. The summed E-state index contributed by atoms with van der Waals surface area (Å²) in [5.74, 6) is 1.42. The van der Waals surface area contributed by atoms with Crippen LogP contribution < -0.4 is 0 Å². The molecule has 2 saturated heterocycles. The van der Waals surface area contributed by atoms with Crippen LogP contribution in [0, 0.1) is 0 Å². The first-order valence-electron chi connectivity index (χ1n) is 10.2. The number of hydrogen-bond acceptors (Lipinski definition) is 5. The van der Waals surface area contributed by atoms with Crippen molar-refractivity contribution in [3.8, 4) is 0 Å². The number of rotatable bonds is 3. The summed E-state index contributed by atoms with van der Waals surface area (Å²) < 4.78 is 0. The highest BCUT2D eigenvalue weighted by atomic mass is 16.2. The summed E-state index contributed by atoms with van der Waals surface area (Å²) in [4.78, 5) is 39.9. The SMILES string of the molecule is CC(=O)N1CCc2nc([C@@H]3CCN(C(=O)[C@@H](C)N4CCCC4)C3)ncc2C1. The summed E-state index contributed by atoms with van der Waals surface area (Å²) in [6, 6.07) is -0.0201. The van der Waals surface area contributed by atoms with Crippen LogP contribution >= 0.6 is 0 Å². The van der Waals surface area contributed by atoms with Gasteiger partial charge in [0.25, 0.3) is 0 Å². The van der Waals surface area contributed by atoms with Crippen molar-refractivity contribution in [2.75, 3.05) is 32.7 Å². The molecule has 0 bridgehead atoms. The van der Waals surface area contributed by atoms with Crippen molar-refractivity contribution in [3.63, 3.8) is 0 Å². The Morgan fingerprint density at radius 2 is 1.93 bits per heavy atom. The Labute approximate surface area is 160 Å². The minimum absolute atomic E-state index is 0.0201. The molecule has 4 rings (SSSR count). The number of amides is 2. The molecule has 146 valence electrons. The zero-order valence-electron chi connectivity index (χ0n) is 16.4. The molecule has 0 N–H and O–H groups in total. The van der Waals surface area contributed by atoms with Crippen molar-refractivity contribution in [2.24, 2.45) is 0 Å². The molecule has 3 aliphatic heterocycles. The first kappa shape index (κ1) is 18.3. The van der Waals surface area contributed by atoms with Gasteiger partial charge in [0, 0.05) is 57.2 Å². The average molecular weight is 371 g/mol. The Kier molecular flexibility index (Phi) is 5.12. The van der Waals surface area contributed by atoms with E-state index in [2.05, 4.69) is 9.88 Å². The molecule has 0 aliphatic carbocycles. The number of aromatic nitrogens is 2. The van der Waals surface area contributed by atoms with Crippen molar-refractivity contribution in [2.45, 2.75) is 58.0 Å². The summed E-state index contributed by atoms with van der Waals surface area (Å²) in [6.07, 6.45) is 5.99. The van der Waals surface area contributed by atoms with Crippen LogP contribution in [0.15, 0.2) is 6.20 Å². The van der Waals surface area contributed by atoms with Gasteiger partial charge in [0.05, 0.1) is 11.7 Å². The van der Waals surface area contributed by atoms with Crippen LogP contribution in [0.5, 0.6) is 0 Å². The van der Waals surface area contributed by atoms with E-state index in [1.807, 2.05) is 22.9 Å². The van der Waals surface area contributed by atoms with Crippen LogP contribution in [0.3, 0.4) is 0 Å². The van der Waals surface area contributed by atoms with Crippen LogP contribution in [0.1, 0.15) is 56.1 Å². The molecule has 0 unspecified atom stereocenters. The Hall–Kier alpha value is -2.02. The Morgan fingerprint density at radius 1 is 1.15 bits per heavy atom. The topological polar surface area (TPSA) is 69.6 Å². The summed E-state index contributed by atoms with van der Waals surface area (Å²) in [7, 11) is 0. The standard InChI is InChI=1S/C20H29N5O2/c1-14(23-7-3-4-8-23)20(27)25-9-5-16(12-25)19-21-11-17-13-24(15(2)26)10-6-18(17)22-19/h11,14,16H,3-10,12-13H2,1-2H3/t14-,16-/m1/s1. The van der Waals surface area contributed by atoms with Gasteiger partial charge in [-0.1, -0.05) is 0 Å². The Bertz CT molecular complexity index is 731. The number of hydrogen-bond donors (Lipinski definition) is 0. The number of fused-ring (bicyclic) bond motifs is 1. The fraction of sp³-hybridized carbons (Fsp3) is 0.700. The lowest BCUT2D eigenvalue weighted by atomic mass is 10.0. The van der Waals surface area contributed by atoms with E-state index in [0.29, 0.717) is 6.54 Å². The third kappa shape index (κ3) is 3.70. The van der Waals surface area contributed by atoms with Crippen LogP contribution in [0.25, 0.3) is 0 Å². The molecule has 2 fully saturated rings. The molecule has 2 amide bonds. The quantitative estimate of drug-likeness (QED) is 0.798. The Balaban J connectivity index is 1.40. The van der Waals surface area contributed by atoms with E-state index < -0.39 is 0 Å². The maximum Gasteiger partial charge on any atom is 0.239 e. The lowest BCUT2D eigenvalue weighted by Crippen LogP contribution is -2.45. The van der Waals surface area contributed by atoms with E-state index in [-0.39, 0.29) is 23.8 Å². The molecule has 4 heterocycles. The van der Waals surface area contributed by atoms with Crippen LogP contribution in [0.2, 0.25) is 0 Å². The summed E-state index contributed by atoms with van der Waals surface area (Å²) in [5.41, 5.74) is 2.11. The van der Waals surface area contributed by atoms with E-state index in [4.69, 9.17) is 4.98 Å². The van der Waals surface area contributed by atoms with Crippen molar-refractivity contribution >= 4 is 11.8 Å². The lowest BCUT2D eigenvalue weighted by molar-refractivity contribution is -0.135. The van der Waals surface area contributed by atoms with Crippen LogP contribution in [-0.4, -0.2) is 75.2 Å². The fourth-order valence-corrected chi connectivity index (χ4v) is 4.52. The normalized spacial score (nSPS) is 24.1. The fourth-order valence-electron chi connectivity index (χ4n) is 4.52. The van der Waals surface area contributed by atoms with E-state index >= 15 is 0 Å². The lowest BCUT2D eigenvalue weighted by Gasteiger charge is -2.28. The number of likely N-dealkylation sites (tertiary alicyclic amines) is 2.